The van der Waals surface area contributed by atoms with Crippen molar-refractivity contribution < 1.29 is 4.74 Å². The van der Waals surface area contributed by atoms with Crippen LogP contribution in [-0.2, 0) is 6.42 Å². The lowest BCUT2D eigenvalue weighted by atomic mass is 10.0. The number of benzene rings is 1. The summed E-state index contributed by atoms with van der Waals surface area (Å²) in [5.41, 5.74) is 7.62. The molecule has 0 unspecified atom stereocenters. The number of pyridine rings is 1. The van der Waals surface area contributed by atoms with E-state index in [0.717, 1.165) is 16.9 Å². The van der Waals surface area contributed by atoms with Gasteiger partial charge >= 0.3 is 0 Å². The van der Waals surface area contributed by atoms with Gasteiger partial charge in [0.25, 0.3) is 0 Å². The van der Waals surface area contributed by atoms with Gasteiger partial charge in [-0.3, -0.25) is 0 Å². The zero-order valence-electron chi connectivity index (χ0n) is 9.78. The van der Waals surface area contributed by atoms with Crippen molar-refractivity contribution in [3.05, 3.63) is 51.6 Å². The van der Waals surface area contributed by atoms with Crippen molar-refractivity contribution >= 4 is 29.0 Å². The standard InChI is InChI=1S/C13H12Cl2N2O/c1-18-12-3-2-10(14)5-8(12)4-9-6-11(15)7-17-13(9)16/h2-3,5-7H,4H2,1H3,(H2,16,17). The van der Waals surface area contributed by atoms with E-state index >= 15 is 0 Å². The van der Waals surface area contributed by atoms with Gasteiger partial charge in [-0.25, -0.2) is 4.98 Å². The van der Waals surface area contributed by atoms with Gasteiger partial charge in [0, 0.05) is 28.8 Å². The zero-order chi connectivity index (χ0) is 13.1. The number of aromatic nitrogens is 1. The van der Waals surface area contributed by atoms with Crippen molar-refractivity contribution in [1.82, 2.24) is 4.98 Å². The molecule has 0 aliphatic rings. The Morgan fingerprint density at radius 3 is 2.61 bits per heavy atom. The molecule has 0 fully saturated rings. The maximum absolute atomic E-state index is 5.98. The number of halogens is 2. The second-order valence-electron chi connectivity index (χ2n) is 3.83. The third-order valence-corrected chi connectivity index (χ3v) is 3.03. The smallest absolute Gasteiger partial charge is 0.126 e. The number of nitrogens with zero attached hydrogens (tertiary/aromatic N) is 1. The van der Waals surface area contributed by atoms with Crippen LogP contribution in [-0.4, -0.2) is 12.1 Å². The summed E-state index contributed by atoms with van der Waals surface area (Å²) in [5.74, 6) is 1.22. The van der Waals surface area contributed by atoms with Crippen LogP contribution >= 0.6 is 23.2 Å². The minimum absolute atomic E-state index is 0.460. The third-order valence-electron chi connectivity index (χ3n) is 2.59. The van der Waals surface area contributed by atoms with Crippen molar-refractivity contribution in [1.29, 1.82) is 0 Å². The highest BCUT2D eigenvalue weighted by Gasteiger charge is 2.08. The summed E-state index contributed by atoms with van der Waals surface area (Å²) in [6.07, 6.45) is 2.10. The Kier molecular flexibility index (Phi) is 3.94. The Balaban J connectivity index is 2.38. The topological polar surface area (TPSA) is 48.1 Å². The molecule has 2 aromatic rings. The lowest BCUT2D eigenvalue weighted by Crippen LogP contribution is -2.00. The van der Waals surface area contributed by atoms with Crippen LogP contribution < -0.4 is 10.5 Å². The summed E-state index contributed by atoms with van der Waals surface area (Å²) < 4.78 is 5.29. The number of ether oxygens (including phenoxy) is 1. The van der Waals surface area contributed by atoms with Crippen LogP contribution in [0.15, 0.2) is 30.5 Å². The van der Waals surface area contributed by atoms with Crippen molar-refractivity contribution in [2.45, 2.75) is 6.42 Å². The molecule has 0 amide bonds. The van der Waals surface area contributed by atoms with Crippen LogP contribution in [0, 0.1) is 0 Å². The molecular weight excluding hydrogens is 271 g/mol. The van der Waals surface area contributed by atoms with E-state index in [9.17, 15) is 0 Å². The quantitative estimate of drug-likeness (QED) is 0.936. The van der Waals surface area contributed by atoms with Gasteiger partial charge in [-0.15, -0.1) is 0 Å². The number of nitrogens with two attached hydrogens (primary N) is 1. The highest BCUT2D eigenvalue weighted by molar-refractivity contribution is 6.31. The maximum Gasteiger partial charge on any atom is 0.126 e. The lowest BCUT2D eigenvalue weighted by molar-refractivity contribution is 0.410. The van der Waals surface area contributed by atoms with Crippen LogP contribution in [0.25, 0.3) is 0 Å². The number of hydrogen-bond acceptors (Lipinski definition) is 3. The van der Waals surface area contributed by atoms with E-state index in [1.165, 1.54) is 6.20 Å². The summed E-state index contributed by atoms with van der Waals surface area (Å²) in [6, 6.07) is 7.25. The number of methoxy groups -OCH3 is 1. The van der Waals surface area contributed by atoms with Crippen molar-refractivity contribution in [2.75, 3.05) is 12.8 Å². The number of hydrogen-bond donors (Lipinski definition) is 1. The van der Waals surface area contributed by atoms with Crippen LogP contribution in [0.5, 0.6) is 5.75 Å². The second kappa shape index (κ2) is 5.46. The van der Waals surface area contributed by atoms with Gasteiger partial charge in [-0.1, -0.05) is 23.2 Å². The fourth-order valence-electron chi connectivity index (χ4n) is 1.72. The summed E-state index contributed by atoms with van der Waals surface area (Å²) in [5, 5.41) is 1.21. The molecule has 94 valence electrons. The first kappa shape index (κ1) is 13.0. The first-order valence-electron chi connectivity index (χ1n) is 5.32. The van der Waals surface area contributed by atoms with E-state index in [1.807, 2.05) is 12.1 Å². The van der Waals surface area contributed by atoms with Gasteiger partial charge in [0.2, 0.25) is 0 Å². The number of rotatable bonds is 3. The molecule has 3 nitrogen and oxygen atoms in total. The summed E-state index contributed by atoms with van der Waals surface area (Å²) >= 11 is 11.9. The molecule has 0 atom stereocenters. The van der Waals surface area contributed by atoms with Crippen molar-refractivity contribution in [2.24, 2.45) is 0 Å². The summed E-state index contributed by atoms with van der Waals surface area (Å²) in [6.45, 7) is 0. The fourth-order valence-corrected chi connectivity index (χ4v) is 2.10. The number of anilines is 1. The predicted molar refractivity (Wildman–Crippen MR) is 74.5 cm³/mol. The Morgan fingerprint density at radius 1 is 1.17 bits per heavy atom. The van der Waals surface area contributed by atoms with E-state index in [-0.39, 0.29) is 0 Å². The van der Waals surface area contributed by atoms with Gasteiger partial charge in [-0.2, -0.15) is 0 Å². The minimum Gasteiger partial charge on any atom is -0.496 e. The predicted octanol–water partition coefficient (Wildman–Crippen LogP) is 3.57. The molecule has 0 aliphatic carbocycles. The molecule has 0 saturated carbocycles. The van der Waals surface area contributed by atoms with Crippen molar-refractivity contribution in [3.63, 3.8) is 0 Å². The van der Waals surface area contributed by atoms with Gasteiger partial charge in [-0.05, 0) is 24.3 Å². The third kappa shape index (κ3) is 2.86. The van der Waals surface area contributed by atoms with Gasteiger partial charge in [0.15, 0.2) is 0 Å². The van der Waals surface area contributed by atoms with Crippen LogP contribution in [0.3, 0.4) is 0 Å². The Morgan fingerprint density at radius 2 is 1.89 bits per heavy atom. The number of nitrogen functional groups attached to an aromatic ring is 1. The summed E-state index contributed by atoms with van der Waals surface area (Å²) in [7, 11) is 1.62. The Hall–Kier alpha value is -1.45. The van der Waals surface area contributed by atoms with E-state index in [4.69, 9.17) is 33.7 Å². The van der Waals surface area contributed by atoms with E-state index in [0.29, 0.717) is 22.3 Å². The zero-order valence-corrected chi connectivity index (χ0v) is 11.3. The van der Waals surface area contributed by atoms with Gasteiger partial charge in [0.05, 0.1) is 12.1 Å². The molecule has 2 N–H and O–H groups in total. The molecule has 0 saturated heterocycles. The van der Waals surface area contributed by atoms with E-state index in [1.54, 1.807) is 19.2 Å². The van der Waals surface area contributed by atoms with E-state index < -0.39 is 0 Å². The maximum atomic E-state index is 5.98. The van der Waals surface area contributed by atoms with E-state index in [2.05, 4.69) is 4.98 Å². The molecular formula is C13H12Cl2N2O. The SMILES string of the molecule is COc1ccc(Cl)cc1Cc1cc(Cl)cnc1N. The molecule has 1 heterocycles. The van der Waals surface area contributed by atoms with Gasteiger partial charge < -0.3 is 10.5 Å². The molecule has 0 radical (unpaired) electrons. The largest absolute Gasteiger partial charge is 0.496 e. The molecule has 2 rings (SSSR count). The molecule has 18 heavy (non-hydrogen) atoms. The molecule has 0 aliphatic heterocycles. The molecule has 1 aromatic heterocycles. The highest BCUT2D eigenvalue weighted by atomic mass is 35.5. The van der Waals surface area contributed by atoms with Crippen LogP contribution in [0.1, 0.15) is 11.1 Å². The van der Waals surface area contributed by atoms with Crippen LogP contribution in [0.2, 0.25) is 10.0 Å². The second-order valence-corrected chi connectivity index (χ2v) is 4.70. The average Bonchev–Trinajstić information content (AvgIpc) is 2.34. The first-order chi connectivity index (χ1) is 8.60. The summed E-state index contributed by atoms with van der Waals surface area (Å²) in [4.78, 5) is 4.02. The average molecular weight is 283 g/mol. The van der Waals surface area contributed by atoms with Gasteiger partial charge in [0.1, 0.15) is 11.6 Å². The molecule has 0 spiro atoms. The monoisotopic (exact) mass is 282 g/mol. The first-order valence-corrected chi connectivity index (χ1v) is 6.08. The Bertz CT molecular complexity index is 573. The fraction of sp³-hybridized carbons (Fsp3) is 0.154. The lowest BCUT2D eigenvalue weighted by Gasteiger charge is -2.10. The van der Waals surface area contributed by atoms with Crippen LogP contribution in [0.4, 0.5) is 5.82 Å². The highest BCUT2D eigenvalue weighted by Crippen LogP contribution is 2.27. The van der Waals surface area contributed by atoms with Crippen molar-refractivity contribution in [3.8, 4) is 5.75 Å². The normalized spacial score (nSPS) is 10.4. The minimum atomic E-state index is 0.460. The molecule has 1 aromatic carbocycles. The molecule has 0 bridgehead atoms. The Labute approximate surface area is 115 Å². The molecule has 5 heteroatoms.